The minimum atomic E-state index is -0.0255. The summed E-state index contributed by atoms with van der Waals surface area (Å²) in [4.78, 5) is 4.35. The van der Waals surface area contributed by atoms with E-state index in [-0.39, 0.29) is 11.5 Å². The van der Waals surface area contributed by atoms with E-state index in [1.165, 1.54) is 12.8 Å². The molecule has 0 amide bonds. The van der Waals surface area contributed by atoms with Gasteiger partial charge in [-0.15, -0.1) is 0 Å². The Morgan fingerprint density at radius 2 is 2.13 bits per heavy atom. The van der Waals surface area contributed by atoms with Gasteiger partial charge in [0.05, 0.1) is 6.04 Å². The highest BCUT2D eigenvalue weighted by Crippen LogP contribution is 2.38. The molecule has 0 aliphatic heterocycles. The van der Waals surface area contributed by atoms with Crippen LogP contribution in [0.1, 0.15) is 51.4 Å². The first-order chi connectivity index (χ1) is 6.96. The molecule has 1 aromatic rings. The first kappa shape index (κ1) is 10.6. The summed E-state index contributed by atoms with van der Waals surface area (Å²) in [5, 5.41) is 3.95. The van der Waals surface area contributed by atoms with Crippen LogP contribution in [0.25, 0.3) is 0 Å². The Morgan fingerprint density at radius 3 is 2.67 bits per heavy atom. The highest BCUT2D eigenvalue weighted by molar-refractivity contribution is 5.00. The summed E-state index contributed by atoms with van der Waals surface area (Å²) in [5.41, 5.74) is 6.17. The zero-order valence-corrected chi connectivity index (χ0v) is 9.66. The molecule has 1 aliphatic rings. The van der Waals surface area contributed by atoms with Crippen LogP contribution in [0.15, 0.2) is 4.52 Å². The van der Waals surface area contributed by atoms with Gasteiger partial charge in [0.2, 0.25) is 5.89 Å². The Bertz CT molecular complexity index is 336. The highest BCUT2D eigenvalue weighted by atomic mass is 16.5. The molecule has 4 nitrogen and oxygen atoms in total. The maximum Gasteiger partial charge on any atom is 0.227 e. The van der Waals surface area contributed by atoms with E-state index >= 15 is 0 Å². The Balaban J connectivity index is 2.03. The van der Waals surface area contributed by atoms with Crippen molar-refractivity contribution in [1.29, 1.82) is 0 Å². The molecule has 1 saturated carbocycles. The monoisotopic (exact) mass is 209 g/mol. The van der Waals surface area contributed by atoms with E-state index in [1.807, 2.05) is 0 Å². The van der Waals surface area contributed by atoms with Gasteiger partial charge in [0, 0.05) is 6.42 Å². The number of nitrogens with two attached hydrogens (primary N) is 1. The van der Waals surface area contributed by atoms with Gasteiger partial charge in [0.1, 0.15) is 0 Å². The molecular weight excluding hydrogens is 190 g/mol. The van der Waals surface area contributed by atoms with Gasteiger partial charge in [-0.1, -0.05) is 25.9 Å². The lowest BCUT2D eigenvalue weighted by Crippen LogP contribution is -2.14. The Hall–Kier alpha value is -0.900. The number of nitrogens with zero attached hydrogens (tertiary/aromatic N) is 2. The van der Waals surface area contributed by atoms with Crippen molar-refractivity contribution in [3.05, 3.63) is 11.7 Å². The van der Waals surface area contributed by atoms with E-state index in [2.05, 4.69) is 30.9 Å². The topological polar surface area (TPSA) is 64.9 Å². The molecule has 1 aromatic heterocycles. The first-order valence-corrected chi connectivity index (χ1v) is 5.54. The molecule has 4 heteroatoms. The molecular formula is C11H19N3O. The van der Waals surface area contributed by atoms with Gasteiger partial charge in [-0.05, 0) is 24.2 Å². The molecule has 1 fully saturated rings. The maximum atomic E-state index is 5.99. The zero-order chi connectivity index (χ0) is 11.1. The second kappa shape index (κ2) is 3.59. The van der Waals surface area contributed by atoms with Gasteiger partial charge in [0.25, 0.3) is 0 Å². The van der Waals surface area contributed by atoms with Crippen molar-refractivity contribution in [2.75, 3.05) is 0 Å². The quantitative estimate of drug-likeness (QED) is 0.827. The van der Waals surface area contributed by atoms with E-state index in [4.69, 9.17) is 10.3 Å². The third kappa shape index (κ3) is 2.78. The number of hydrogen-bond donors (Lipinski definition) is 1. The minimum absolute atomic E-state index is 0.0255. The molecule has 1 atom stereocenters. The molecule has 2 N–H and O–H groups in total. The van der Waals surface area contributed by atoms with Crippen LogP contribution in [-0.4, -0.2) is 10.1 Å². The fraction of sp³-hybridized carbons (Fsp3) is 0.818. The van der Waals surface area contributed by atoms with Gasteiger partial charge in [0.15, 0.2) is 5.82 Å². The van der Waals surface area contributed by atoms with Crippen LogP contribution in [0.3, 0.4) is 0 Å². The first-order valence-electron chi connectivity index (χ1n) is 5.54. The second-order valence-corrected chi connectivity index (χ2v) is 5.65. The maximum absolute atomic E-state index is 5.99. The highest BCUT2D eigenvalue weighted by Gasteiger charge is 2.32. The second-order valence-electron chi connectivity index (χ2n) is 5.65. The van der Waals surface area contributed by atoms with Crippen molar-refractivity contribution >= 4 is 0 Å². The molecule has 2 rings (SSSR count). The number of aromatic nitrogens is 2. The Labute approximate surface area is 90.2 Å². The minimum Gasteiger partial charge on any atom is -0.339 e. The largest absolute Gasteiger partial charge is 0.339 e. The summed E-state index contributed by atoms with van der Waals surface area (Å²) in [5.74, 6) is 1.95. The van der Waals surface area contributed by atoms with E-state index in [1.54, 1.807) is 0 Å². The van der Waals surface area contributed by atoms with E-state index in [0.29, 0.717) is 17.6 Å². The van der Waals surface area contributed by atoms with Crippen molar-refractivity contribution in [3.63, 3.8) is 0 Å². The standard InChI is InChI=1S/C11H19N3O/c1-11(2,3)6-8-13-10(14-15-8)9(12)7-4-5-7/h7,9H,4-6,12H2,1-3H3. The van der Waals surface area contributed by atoms with Gasteiger partial charge < -0.3 is 10.3 Å². The molecule has 0 aromatic carbocycles. The van der Waals surface area contributed by atoms with Crippen molar-refractivity contribution < 1.29 is 4.52 Å². The van der Waals surface area contributed by atoms with Crippen LogP contribution in [-0.2, 0) is 6.42 Å². The molecule has 84 valence electrons. The lowest BCUT2D eigenvalue weighted by atomic mass is 9.92. The van der Waals surface area contributed by atoms with Crippen molar-refractivity contribution in [3.8, 4) is 0 Å². The molecule has 1 heterocycles. The Kier molecular flexibility index (Phi) is 2.54. The fourth-order valence-corrected chi connectivity index (χ4v) is 1.60. The predicted octanol–water partition coefficient (Wildman–Crippen LogP) is 2.07. The van der Waals surface area contributed by atoms with Crippen molar-refractivity contribution in [2.24, 2.45) is 17.1 Å². The summed E-state index contributed by atoms with van der Waals surface area (Å²) in [6.45, 7) is 6.45. The predicted molar refractivity (Wildman–Crippen MR) is 57.1 cm³/mol. The normalized spacial score (nSPS) is 19.2. The van der Waals surface area contributed by atoms with Crippen LogP contribution in [0.4, 0.5) is 0 Å². The number of rotatable bonds is 3. The molecule has 1 aliphatic carbocycles. The van der Waals surface area contributed by atoms with Gasteiger partial charge >= 0.3 is 0 Å². The smallest absolute Gasteiger partial charge is 0.227 e. The van der Waals surface area contributed by atoms with Crippen LogP contribution in [0.5, 0.6) is 0 Å². The average molecular weight is 209 g/mol. The van der Waals surface area contributed by atoms with Gasteiger partial charge in [-0.25, -0.2) is 0 Å². The third-order valence-electron chi connectivity index (χ3n) is 2.59. The van der Waals surface area contributed by atoms with Crippen molar-refractivity contribution in [2.45, 2.75) is 46.1 Å². The van der Waals surface area contributed by atoms with E-state index in [9.17, 15) is 0 Å². The fourth-order valence-electron chi connectivity index (χ4n) is 1.60. The van der Waals surface area contributed by atoms with E-state index in [0.717, 1.165) is 6.42 Å². The molecule has 1 unspecified atom stereocenters. The van der Waals surface area contributed by atoms with Gasteiger partial charge in [-0.2, -0.15) is 4.98 Å². The van der Waals surface area contributed by atoms with Crippen LogP contribution in [0.2, 0.25) is 0 Å². The SMILES string of the molecule is CC(C)(C)Cc1nc(C(N)C2CC2)no1. The molecule has 0 saturated heterocycles. The lowest BCUT2D eigenvalue weighted by Gasteiger charge is -2.13. The molecule has 0 bridgehead atoms. The third-order valence-corrected chi connectivity index (χ3v) is 2.59. The van der Waals surface area contributed by atoms with Crippen LogP contribution >= 0.6 is 0 Å². The zero-order valence-electron chi connectivity index (χ0n) is 9.66. The summed E-state index contributed by atoms with van der Waals surface area (Å²) >= 11 is 0. The summed E-state index contributed by atoms with van der Waals surface area (Å²) in [6.07, 6.45) is 3.20. The van der Waals surface area contributed by atoms with Crippen LogP contribution < -0.4 is 5.73 Å². The Morgan fingerprint density at radius 1 is 1.47 bits per heavy atom. The summed E-state index contributed by atoms with van der Waals surface area (Å²) in [7, 11) is 0. The summed E-state index contributed by atoms with van der Waals surface area (Å²) in [6, 6.07) is -0.0255. The van der Waals surface area contributed by atoms with Crippen LogP contribution in [0, 0.1) is 11.3 Å². The molecule has 0 spiro atoms. The lowest BCUT2D eigenvalue weighted by molar-refractivity contribution is 0.311. The van der Waals surface area contributed by atoms with E-state index < -0.39 is 0 Å². The average Bonchev–Trinajstić information content (AvgIpc) is 2.85. The molecule has 15 heavy (non-hydrogen) atoms. The summed E-state index contributed by atoms with van der Waals surface area (Å²) < 4.78 is 5.20. The number of hydrogen-bond acceptors (Lipinski definition) is 4. The van der Waals surface area contributed by atoms with Crippen molar-refractivity contribution in [1.82, 2.24) is 10.1 Å². The van der Waals surface area contributed by atoms with Gasteiger partial charge in [-0.3, -0.25) is 0 Å². The molecule has 0 radical (unpaired) electrons.